The van der Waals surface area contributed by atoms with Gasteiger partial charge in [-0.3, -0.25) is 0 Å². The summed E-state index contributed by atoms with van der Waals surface area (Å²) in [7, 11) is 0. The van der Waals surface area contributed by atoms with Gasteiger partial charge in [0.05, 0.1) is 15.8 Å². The minimum atomic E-state index is 0.439. The van der Waals surface area contributed by atoms with E-state index in [4.69, 9.17) is 11.6 Å². The second-order valence-electron chi connectivity index (χ2n) is 1.79. The average Bonchev–Trinajstić information content (AvgIpc) is 2.04. The molecule has 2 nitrogen and oxygen atoms in total. The highest BCUT2D eigenvalue weighted by Gasteiger charge is 1.93. The van der Waals surface area contributed by atoms with E-state index in [1.165, 1.54) is 11.8 Å². The van der Waals surface area contributed by atoms with Gasteiger partial charge < -0.3 is 4.79 Å². The van der Waals surface area contributed by atoms with E-state index in [0.29, 0.717) is 10.8 Å². The van der Waals surface area contributed by atoms with Gasteiger partial charge in [0, 0.05) is 6.20 Å². The van der Waals surface area contributed by atoms with E-state index >= 15 is 0 Å². The molecule has 0 N–H and O–H groups in total. The number of nitrogens with zero attached hydrogens (tertiary/aromatic N) is 1. The van der Waals surface area contributed by atoms with E-state index < -0.39 is 0 Å². The second-order valence-corrected chi connectivity index (χ2v) is 3.27. The Balaban J connectivity index is 2.58. The highest BCUT2D eigenvalue weighted by atomic mass is 35.5. The molecule has 0 aliphatic carbocycles. The first-order valence-corrected chi connectivity index (χ1v) is 4.37. The molecule has 0 bridgehead atoms. The van der Waals surface area contributed by atoms with Crippen molar-refractivity contribution in [3.8, 4) is 0 Å². The summed E-state index contributed by atoms with van der Waals surface area (Å²) in [6, 6.07) is 3.54. The van der Waals surface area contributed by atoms with Gasteiger partial charge in [0.1, 0.15) is 6.29 Å². The number of hydrogen-bond donors (Lipinski definition) is 0. The third-order valence-electron chi connectivity index (χ3n) is 1.000. The Kier molecular flexibility index (Phi) is 3.39. The van der Waals surface area contributed by atoms with Crippen LogP contribution in [0.15, 0.2) is 23.4 Å². The van der Waals surface area contributed by atoms with Gasteiger partial charge in [0.25, 0.3) is 0 Å². The Morgan fingerprint density at radius 3 is 3.00 bits per heavy atom. The van der Waals surface area contributed by atoms with Crippen molar-refractivity contribution in [2.75, 3.05) is 5.75 Å². The minimum absolute atomic E-state index is 0.439. The molecule has 0 aliphatic rings. The molecule has 0 amide bonds. The summed E-state index contributed by atoms with van der Waals surface area (Å²) in [5, 5.41) is 1.43. The topological polar surface area (TPSA) is 30.0 Å². The number of aromatic nitrogens is 1. The summed E-state index contributed by atoms with van der Waals surface area (Å²) in [6.45, 7) is 0. The fraction of sp³-hybridized carbons (Fsp3) is 0.143. The number of pyridine rings is 1. The van der Waals surface area contributed by atoms with Crippen molar-refractivity contribution in [2.45, 2.75) is 5.03 Å². The van der Waals surface area contributed by atoms with Crippen LogP contribution in [-0.2, 0) is 4.79 Å². The van der Waals surface area contributed by atoms with Crippen LogP contribution >= 0.6 is 23.4 Å². The van der Waals surface area contributed by atoms with Crippen molar-refractivity contribution in [2.24, 2.45) is 0 Å². The Hall–Kier alpha value is -0.540. The molecule has 0 aliphatic heterocycles. The molecule has 0 atom stereocenters. The van der Waals surface area contributed by atoms with E-state index in [0.717, 1.165) is 11.3 Å². The maximum Gasteiger partial charge on any atom is 0.130 e. The standard InChI is InChI=1S/C7H6ClNOS/c8-6-1-2-7(9-5-6)11-4-3-10/h1-3,5H,4H2. The number of carbonyl (C=O) groups excluding carboxylic acids is 1. The van der Waals surface area contributed by atoms with Gasteiger partial charge in [-0.25, -0.2) is 4.98 Å². The van der Waals surface area contributed by atoms with Crippen LogP contribution in [0.2, 0.25) is 5.02 Å². The minimum Gasteiger partial charge on any atom is -0.302 e. The monoisotopic (exact) mass is 187 g/mol. The van der Waals surface area contributed by atoms with Gasteiger partial charge in [-0.05, 0) is 12.1 Å². The summed E-state index contributed by atoms with van der Waals surface area (Å²) >= 11 is 7.00. The van der Waals surface area contributed by atoms with Crippen LogP contribution < -0.4 is 0 Å². The van der Waals surface area contributed by atoms with Gasteiger partial charge >= 0.3 is 0 Å². The van der Waals surface area contributed by atoms with Crippen molar-refractivity contribution >= 4 is 29.6 Å². The predicted octanol–water partition coefficient (Wildman–Crippen LogP) is 2.03. The van der Waals surface area contributed by atoms with Crippen LogP contribution in [0.3, 0.4) is 0 Å². The quantitative estimate of drug-likeness (QED) is 0.536. The molecule has 0 fully saturated rings. The first-order chi connectivity index (χ1) is 5.33. The highest BCUT2D eigenvalue weighted by Crippen LogP contribution is 2.15. The fourth-order valence-electron chi connectivity index (χ4n) is 0.567. The summed E-state index contributed by atoms with van der Waals surface area (Å²) in [4.78, 5) is 14.0. The van der Waals surface area contributed by atoms with Crippen molar-refractivity contribution in [3.63, 3.8) is 0 Å². The summed E-state index contributed by atoms with van der Waals surface area (Å²) in [5.41, 5.74) is 0. The molecule has 0 unspecified atom stereocenters. The van der Waals surface area contributed by atoms with Gasteiger partial charge in [-0.15, -0.1) is 0 Å². The normalized spacial score (nSPS) is 9.55. The number of carbonyl (C=O) groups is 1. The lowest BCUT2D eigenvalue weighted by Crippen LogP contribution is -1.82. The van der Waals surface area contributed by atoms with Crippen molar-refractivity contribution in [1.29, 1.82) is 0 Å². The van der Waals surface area contributed by atoms with Crippen LogP contribution in [0.4, 0.5) is 0 Å². The molecule has 0 saturated heterocycles. The van der Waals surface area contributed by atoms with Crippen LogP contribution in [-0.4, -0.2) is 17.0 Å². The van der Waals surface area contributed by atoms with E-state index in [1.807, 2.05) is 0 Å². The zero-order chi connectivity index (χ0) is 8.10. The van der Waals surface area contributed by atoms with Gasteiger partial charge in [-0.2, -0.15) is 0 Å². The number of halogens is 1. The molecule has 1 rings (SSSR count). The van der Waals surface area contributed by atoms with Crippen LogP contribution in [0.25, 0.3) is 0 Å². The molecule has 1 heterocycles. The van der Waals surface area contributed by atoms with Crippen molar-refractivity contribution in [1.82, 2.24) is 4.98 Å². The lowest BCUT2D eigenvalue weighted by molar-refractivity contribution is -0.105. The summed E-state index contributed by atoms with van der Waals surface area (Å²) in [5.74, 6) is 0.439. The van der Waals surface area contributed by atoms with Crippen LogP contribution in [0.5, 0.6) is 0 Å². The first kappa shape index (κ1) is 8.56. The van der Waals surface area contributed by atoms with E-state index in [9.17, 15) is 4.79 Å². The Bertz CT molecular complexity index is 237. The molecule has 0 aromatic carbocycles. The SMILES string of the molecule is O=CCSc1ccc(Cl)cn1. The number of aldehydes is 1. The smallest absolute Gasteiger partial charge is 0.130 e. The van der Waals surface area contributed by atoms with Crippen molar-refractivity contribution in [3.05, 3.63) is 23.4 Å². The number of rotatable bonds is 3. The molecular formula is C7H6ClNOS. The third kappa shape index (κ3) is 2.91. The molecule has 58 valence electrons. The summed E-state index contributed by atoms with van der Waals surface area (Å²) in [6.07, 6.45) is 2.41. The molecular weight excluding hydrogens is 182 g/mol. The van der Waals surface area contributed by atoms with E-state index in [1.54, 1.807) is 18.3 Å². The Labute approximate surface area is 74.0 Å². The largest absolute Gasteiger partial charge is 0.302 e. The molecule has 0 spiro atoms. The number of thioether (sulfide) groups is 1. The lowest BCUT2D eigenvalue weighted by atomic mass is 10.5. The van der Waals surface area contributed by atoms with Gasteiger partial charge in [-0.1, -0.05) is 23.4 Å². The number of hydrogen-bond acceptors (Lipinski definition) is 3. The first-order valence-electron chi connectivity index (χ1n) is 3.01. The maximum absolute atomic E-state index is 9.97. The predicted molar refractivity (Wildman–Crippen MR) is 46.0 cm³/mol. The molecule has 0 saturated carbocycles. The zero-order valence-corrected chi connectivity index (χ0v) is 7.23. The van der Waals surface area contributed by atoms with Gasteiger partial charge in [0.15, 0.2) is 0 Å². The molecule has 1 aromatic rings. The molecule has 11 heavy (non-hydrogen) atoms. The van der Waals surface area contributed by atoms with E-state index in [2.05, 4.69) is 4.98 Å². The highest BCUT2D eigenvalue weighted by molar-refractivity contribution is 7.99. The second kappa shape index (κ2) is 4.36. The Morgan fingerprint density at radius 1 is 1.64 bits per heavy atom. The fourth-order valence-corrected chi connectivity index (χ4v) is 1.21. The maximum atomic E-state index is 9.97. The van der Waals surface area contributed by atoms with Crippen molar-refractivity contribution < 1.29 is 4.79 Å². The lowest BCUT2D eigenvalue weighted by Gasteiger charge is -1.94. The Morgan fingerprint density at radius 2 is 2.45 bits per heavy atom. The molecule has 1 aromatic heterocycles. The van der Waals surface area contributed by atoms with Crippen LogP contribution in [0, 0.1) is 0 Å². The molecule has 0 radical (unpaired) electrons. The molecule has 4 heteroatoms. The van der Waals surface area contributed by atoms with E-state index in [-0.39, 0.29) is 0 Å². The third-order valence-corrected chi connectivity index (χ3v) is 2.06. The average molecular weight is 188 g/mol. The summed E-state index contributed by atoms with van der Waals surface area (Å²) < 4.78 is 0. The zero-order valence-electron chi connectivity index (χ0n) is 5.66. The van der Waals surface area contributed by atoms with Gasteiger partial charge in [0.2, 0.25) is 0 Å². The van der Waals surface area contributed by atoms with Crippen LogP contribution in [0.1, 0.15) is 0 Å².